The van der Waals surface area contributed by atoms with Crippen LogP contribution in [-0.2, 0) is 11.8 Å². The van der Waals surface area contributed by atoms with E-state index in [1.807, 2.05) is 0 Å². The van der Waals surface area contributed by atoms with Crippen LogP contribution < -0.4 is 0 Å². The van der Waals surface area contributed by atoms with Crippen LogP contribution in [0.5, 0.6) is 0 Å². The predicted molar refractivity (Wildman–Crippen MR) is 62.2 cm³/mol. The summed E-state index contributed by atoms with van der Waals surface area (Å²) in [5, 5.41) is 0. The third kappa shape index (κ3) is 2.57. The van der Waals surface area contributed by atoms with Crippen molar-refractivity contribution in [2.75, 3.05) is 0 Å². The van der Waals surface area contributed by atoms with Gasteiger partial charge < -0.3 is 0 Å². The zero-order valence-electron chi connectivity index (χ0n) is 8.82. The molecule has 13 heavy (non-hydrogen) atoms. The molecule has 1 heteroatoms. The van der Waals surface area contributed by atoms with Gasteiger partial charge in [0.15, 0.2) is 0 Å². The third-order valence-corrected chi connectivity index (χ3v) is 2.75. The Morgan fingerprint density at radius 3 is 2.31 bits per heavy atom. The molecule has 0 unspecified atom stereocenters. The van der Waals surface area contributed by atoms with E-state index in [0.29, 0.717) is 0 Å². The van der Waals surface area contributed by atoms with Crippen molar-refractivity contribution in [1.82, 2.24) is 0 Å². The first-order valence-corrected chi connectivity index (χ1v) is 5.53. The highest BCUT2D eigenvalue weighted by Gasteiger charge is 2.16. The molecule has 0 aliphatic rings. The minimum Gasteiger partial charge on any atom is -0.0613 e. The van der Waals surface area contributed by atoms with E-state index in [9.17, 15) is 0 Å². The average molecular weight is 241 g/mol. The van der Waals surface area contributed by atoms with Crippen molar-refractivity contribution < 1.29 is 0 Å². The summed E-state index contributed by atoms with van der Waals surface area (Å²) in [5.74, 6) is 0. The van der Waals surface area contributed by atoms with Gasteiger partial charge in [-0.3, -0.25) is 0 Å². The average Bonchev–Trinajstić information content (AvgIpc) is 2.03. The predicted octanol–water partition coefficient (Wildman–Crippen LogP) is 4.31. The fraction of sp³-hybridized carbons (Fsp3) is 0.500. The Hall–Kier alpha value is -0.300. The molecule has 0 atom stereocenters. The van der Waals surface area contributed by atoms with Crippen molar-refractivity contribution in [3.05, 3.63) is 33.8 Å². The molecule has 0 bridgehead atoms. The fourth-order valence-corrected chi connectivity index (χ4v) is 1.92. The standard InChI is InChI=1S/C12H17Br/c1-5-9-6-7-10(13)8-11(9)12(2,3)4/h6-8H,5H2,1-4H3. The van der Waals surface area contributed by atoms with E-state index in [-0.39, 0.29) is 5.41 Å². The van der Waals surface area contributed by atoms with Gasteiger partial charge in [-0.05, 0) is 35.1 Å². The number of rotatable bonds is 1. The van der Waals surface area contributed by atoms with E-state index >= 15 is 0 Å². The van der Waals surface area contributed by atoms with E-state index in [4.69, 9.17) is 0 Å². The van der Waals surface area contributed by atoms with E-state index in [0.717, 1.165) is 6.42 Å². The van der Waals surface area contributed by atoms with Crippen molar-refractivity contribution >= 4 is 15.9 Å². The van der Waals surface area contributed by atoms with Crippen LogP contribution in [0, 0.1) is 0 Å². The molecule has 0 heterocycles. The minimum absolute atomic E-state index is 0.245. The molecule has 0 spiro atoms. The number of hydrogen-bond acceptors (Lipinski definition) is 0. The quantitative estimate of drug-likeness (QED) is 0.687. The Morgan fingerprint density at radius 2 is 1.85 bits per heavy atom. The lowest BCUT2D eigenvalue weighted by Gasteiger charge is -2.22. The van der Waals surface area contributed by atoms with Gasteiger partial charge in [-0.15, -0.1) is 0 Å². The summed E-state index contributed by atoms with van der Waals surface area (Å²) in [7, 11) is 0. The number of hydrogen-bond donors (Lipinski definition) is 0. The summed E-state index contributed by atoms with van der Waals surface area (Å²) in [6.07, 6.45) is 1.11. The van der Waals surface area contributed by atoms with Crippen LogP contribution in [0.1, 0.15) is 38.8 Å². The van der Waals surface area contributed by atoms with Gasteiger partial charge in [-0.2, -0.15) is 0 Å². The van der Waals surface area contributed by atoms with Gasteiger partial charge in [0.1, 0.15) is 0 Å². The molecule has 0 saturated heterocycles. The maximum atomic E-state index is 3.52. The van der Waals surface area contributed by atoms with Crippen LogP contribution in [0.15, 0.2) is 22.7 Å². The van der Waals surface area contributed by atoms with E-state index in [2.05, 4.69) is 61.8 Å². The lowest BCUT2D eigenvalue weighted by atomic mass is 9.83. The van der Waals surface area contributed by atoms with Crippen LogP contribution in [-0.4, -0.2) is 0 Å². The van der Waals surface area contributed by atoms with Crippen LogP contribution in [0.4, 0.5) is 0 Å². The van der Waals surface area contributed by atoms with E-state index < -0.39 is 0 Å². The molecule has 0 radical (unpaired) electrons. The Labute approximate surface area is 89.5 Å². The van der Waals surface area contributed by atoms with E-state index in [1.165, 1.54) is 15.6 Å². The van der Waals surface area contributed by atoms with Gasteiger partial charge in [0.2, 0.25) is 0 Å². The summed E-state index contributed by atoms with van der Waals surface area (Å²) >= 11 is 3.52. The summed E-state index contributed by atoms with van der Waals surface area (Å²) < 4.78 is 1.18. The third-order valence-electron chi connectivity index (χ3n) is 2.26. The number of halogens is 1. The number of benzene rings is 1. The van der Waals surface area contributed by atoms with Gasteiger partial charge in [0.05, 0.1) is 0 Å². The SMILES string of the molecule is CCc1ccc(Br)cc1C(C)(C)C. The highest BCUT2D eigenvalue weighted by Crippen LogP contribution is 2.28. The zero-order valence-corrected chi connectivity index (χ0v) is 10.4. The second-order valence-corrected chi connectivity index (χ2v) is 5.32. The summed E-state index contributed by atoms with van der Waals surface area (Å²) in [6.45, 7) is 8.98. The maximum Gasteiger partial charge on any atom is 0.0178 e. The van der Waals surface area contributed by atoms with Crippen molar-refractivity contribution in [1.29, 1.82) is 0 Å². The Bertz CT molecular complexity index is 294. The molecule has 0 saturated carbocycles. The Balaban J connectivity index is 3.24. The molecule has 0 fully saturated rings. The monoisotopic (exact) mass is 240 g/mol. The summed E-state index contributed by atoms with van der Waals surface area (Å²) in [5.41, 5.74) is 3.15. The second kappa shape index (κ2) is 3.83. The normalized spacial score (nSPS) is 11.8. The van der Waals surface area contributed by atoms with Gasteiger partial charge in [0, 0.05) is 4.47 Å². The molecular weight excluding hydrogens is 224 g/mol. The van der Waals surface area contributed by atoms with E-state index in [1.54, 1.807) is 0 Å². The summed E-state index contributed by atoms with van der Waals surface area (Å²) in [6, 6.07) is 6.57. The van der Waals surface area contributed by atoms with Crippen molar-refractivity contribution in [3.63, 3.8) is 0 Å². The molecule has 0 aromatic heterocycles. The van der Waals surface area contributed by atoms with Gasteiger partial charge in [0.25, 0.3) is 0 Å². The summed E-state index contributed by atoms with van der Waals surface area (Å²) in [4.78, 5) is 0. The topological polar surface area (TPSA) is 0 Å². The van der Waals surface area contributed by atoms with Crippen LogP contribution in [0.25, 0.3) is 0 Å². The van der Waals surface area contributed by atoms with Gasteiger partial charge >= 0.3 is 0 Å². The Morgan fingerprint density at radius 1 is 1.23 bits per heavy atom. The molecule has 72 valence electrons. The minimum atomic E-state index is 0.245. The largest absolute Gasteiger partial charge is 0.0613 e. The molecule has 0 aliphatic carbocycles. The van der Waals surface area contributed by atoms with Crippen molar-refractivity contribution in [2.45, 2.75) is 39.5 Å². The molecule has 1 rings (SSSR count). The Kier molecular flexibility index (Phi) is 3.18. The van der Waals surface area contributed by atoms with Crippen molar-refractivity contribution in [3.8, 4) is 0 Å². The van der Waals surface area contributed by atoms with Crippen LogP contribution in [0.3, 0.4) is 0 Å². The number of aryl methyl sites for hydroxylation is 1. The highest BCUT2D eigenvalue weighted by atomic mass is 79.9. The first-order chi connectivity index (χ1) is 5.95. The van der Waals surface area contributed by atoms with Gasteiger partial charge in [-0.1, -0.05) is 49.7 Å². The molecule has 0 amide bonds. The molecule has 0 N–H and O–H groups in total. The highest BCUT2D eigenvalue weighted by molar-refractivity contribution is 9.10. The second-order valence-electron chi connectivity index (χ2n) is 4.41. The smallest absolute Gasteiger partial charge is 0.0178 e. The zero-order chi connectivity index (χ0) is 10.1. The van der Waals surface area contributed by atoms with Gasteiger partial charge in [-0.25, -0.2) is 0 Å². The van der Waals surface area contributed by atoms with Crippen molar-refractivity contribution in [2.24, 2.45) is 0 Å². The molecular formula is C12H17Br. The first-order valence-electron chi connectivity index (χ1n) is 4.74. The fourth-order valence-electron chi connectivity index (χ4n) is 1.56. The maximum absolute atomic E-state index is 3.52. The molecule has 0 nitrogen and oxygen atoms in total. The first kappa shape index (κ1) is 10.8. The molecule has 0 aliphatic heterocycles. The lowest BCUT2D eigenvalue weighted by Crippen LogP contribution is -2.13. The molecule has 1 aromatic carbocycles. The van der Waals surface area contributed by atoms with Crippen LogP contribution in [0.2, 0.25) is 0 Å². The molecule has 1 aromatic rings. The van der Waals surface area contributed by atoms with Crippen LogP contribution >= 0.6 is 15.9 Å². The lowest BCUT2D eigenvalue weighted by molar-refractivity contribution is 0.583.